The zero-order valence-corrected chi connectivity index (χ0v) is 16.2. The molecule has 1 aliphatic heterocycles. The molecule has 27 heavy (non-hydrogen) atoms. The summed E-state index contributed by atoms with van der Waals surface area (Å²) in [7, 11) is 0. The number of carbonyl (C=O) groups is 3. The fourth-order valence-corrected chi connectivity index (χ4v) is 2.75. The summed E-state index contributed by atoms with van der Waals surface area (Å²) in [4.78, 5) is 38.7. The second-order valence-corrected chi connectivity index (χ2v) is 6.59. The van der Waals surface area contributed by atoms with E-state index >= 15 is 0 Å². The molecule has 148 valence electrons. The standard InChI is InChI=1S/C20H28N2O5/c1-4-12-26-16-8-6-15(7-9-16)20(25)22-11-10-21-19(24)17(22)13-18(23)27-14(3)5-2/h6-9,14,17H,4-5,10-13H2,1-3H3,(H,21,24). The van der Waals surface area contributed by atoms with Gasteiger partial charge in [-0.3, -0.25) is 14.4 Å². The molecule has 7 heteroatoms. The SMILES string of the molecule is CCCOc1ccc(C(=O)N2CCNC(=O)C2CC(=O)OC(C)CC)cc1. The highest BCUT2D eigenvalue weighted by molar-refractivity contribution is 5.99. The van der Waals surface area contributed by atoms with E-state index in [4.69, 9.17) is 9.47 Å². The van der Waals surface area contributed by atoms with Gasteiger partial charge in [-0.05, 0) is 44.0 Å². The van der Waals surface area contributed by atoms with Crippen molar-refractivity contribution in [3.8, 4) is 5.75 Å². The van der Waals surface area contributed by atoms with Gasteiger partial charge in [-0.1, -0.05) is 13.8 Å². The van der Waals surface area contributed by atoms with E-state index in [2.05, 4.69) is 5.32 Å². The molecule has 2 rings (SSSR count). The van der Waals surface area contributed by atoms with Crippen molar-refractivity contribution in [1.29, 1.82) is 0 Å². The lowest BCUT2D eigenvalue weighted by atomic mass is 10.1. The molecule has 1 aromatic rings. The van der Waals surface area contributed by atoms with Crippen molar-refractivity contribution in [3.05, 3.63) is 29.8 Å². The zero-order chi connectivity index (χ0) is 19.8. The number of hydrogen-bond donors (Lipinski definition) is 1. The summed E-state index contributed by atoms with van der Waals surface area (Å²) in [5, 5.41) is 2.71. The molecular formula is C20H28N2O5. The Kier molecular flexibility index (Phi) is 7.64. The molecule has 1 saturated heterocycles. The van der Waals surface area contributed by atoms with Crippen LogP contribution in [0.1, 0.15) is 50.4 Å². The predicted octanol–water partition coefficient (Wildman–Crippen LogP) is 2.15. The van der Waals surface area contributed by atoms with Crippen molar-refractivity contribution < 1.29 is 23.9 Å². The molecule has 2 amide bonds. The highest BCUT2D eigenvalue weighted by Crippen LogP contribution is 2.18. The Bertz CT molecular complexity index is 659. The molecular weight excluding hydrogens is 348 g/mol. The first-order valence-electron chi connectivity index (χ1n) is 9.47. The molecule has 0 aromatic heterocycles. The zero-order valence-electron chi connectivity index (χ0n) is 16.2. The lowest BCUT2D eigenvalue weighted by Gasteiger charge is -2.34. The van der Waals surface area contributed by atoms with E-state index in [-0.39, 0.29) is 24.3 Å². The number of ether oxygens (including phenoxy) is 2. The number of nitrogens with zero attached hydrogens (tertiary/aromatic N) is 1. The Balaban J connectivity index is 2.09. The fourth-order valence-electron chi connectivity index (χ4n) is 2.75. The van der Waals surface area contributed by atoms with Crippen molar-refractivity contribution in [1.82, 2.24) is 10.2 Å². The molecule has 1 N–H and O–H groups in total. The van der Waals surface area contributed by atoms with Gasteiger partial charge in [0.1, 0.15) is 11.8 Å². The Morgan fingerprint density at radius 3 is 2.59 bits per heavy atom. The molecule has 1 heterocycles. The molecule has 1 fully saturated rings. The number of hydrogen-bond acceptors (Lipinski definition) is 5. The molecule has 0 aliphatic carbocycles. The molecule has 1 aliphatic rings. The molecule has 2 atom stereocenters. The van der Waals surface area contributed by atoms with E-state index in [0.717, 1.165) is 6.42 Å². The van der Waals surface area contributed by atoms with E-state index in [1.165, 1.54) is 4.90 Å². The van der Waals surface area contributed by atoms with E-state index < -0.39 is 12.0 Å². The van der Waals surface area contributed by atoms with Gasteiger partial charge in [0.05, 0.1) is 19.1 Å². The van der Waals surface area contributed by atoms with Crippen LogP contribution < -0.4 is 10.1 Å². The van der Waals surface area contributed by atoms with Crippen LogP contribution in [0.3, 0.4) is 0 Å². The second-order valence-electron chi connectivity index (χ2n) is 6.59. The molecule has 2 unspecified atom stereocenters. The minimum Gasteiger partial charge on any atom is -0.494 e. The average molecular weight is 376 g/mol. The van der Waals surface area contributed by atoms with Crippen LogP contribution in [0.5, 0.6) is 5.75 Å². The smallest absolute Gasteiger partial charge is 0.308 e. The first kappa shape index (κ1) is 20.7. The summed E-state index contributed by atoms with van der Waals surface area (Å²) in [5.74, 6) is -0.405. The third-order valence-corrected chi connectivity index (χ3v) is 4.43. The Morgan fingerprint density at radius 2 is 1.96 bits per heavy atom. The van der Waals surface area contributed by atoms with E-state index in [0.29, 0.717) is 37.4 Å². The van der Waals surface area contributed by atoms with Gasteiger partial charge in [-0.15, -0.1) is 0 Å². The summed E-state index contributed by atoms with van der Waals surface area (Å²) >= 11 is 0. The second kappa shape index (κ2) is 9.94. The van der Waals surface area contributed by atoms with Crippen LogP contribution in [0.4, 0.5) is 0 Å². The summed E-state index contributed by atoms with van der Waals surface area (Å²) in [6.45, 7) is 7.05. The van der Waals surface area contributed by atoms with Crippen molar-refractivity contribution in [2.45, 2.75) is 52.2 Å². The van der Waals surface area contributed by atoms with Crippen LogP contribution in [-0.2, 0) is 14.3 Å². The first-order valence-corrected chi connectivity index (χ1v) is 9.47. The number of carbonyl (C=O) groups excluding carboxylic acids is 3. The van der Waals surface area contributed by atoms with E-state index in [9.17, 15) is 14.4 Å². The highest BCUT2D eigenvalue weighted by atomic mass is 16.5. The monoisotopic (exact) mass is 376 g/mol. The van der Waals surface area contributed by atoms with Gasteiger partial charge in [0, 0.05) is 18.7 Å². The molecule has 0 spiro atoms. The minimum atomic E-state index is -0.862. The van der Waals surface area contributed by atoms with Gasteiger partial charge in [0.15, 0.2) is 0 Å². The molecule has 1 aromatic carbocycles. The van der Waals surface area contributed by atoms with Crippen LogP contribution in [0.15, 0.2) is 24.3 Å². The first-order chi connectivity index (χ1) is 13.0. The van der Waals surface area contributed by atoms with Crippen LogP contribution >= 0.6 is 0 Å². The van der Waals surface area contributed by atoms with Gasteiger partial charge in [-0.25, -0.2) is 0 Å². The summed E-state index contributed by atoms with van der Waals surface area (Å²) in [5.41, 5.74) is 0.453. The van der Waals surface area contributed by atoms with Crippen LogP contribution in [0.25, 0.3) is 0 Å². The Labute approximate surface area is 160 Å². The van der Waals surface area contributed by atoms with Crippen LogP contribution in [0.2, 0.25) is 0 Å². The third kappa shape index (κ3) is 5.70. The highest BCUT2D eigenvalue weighted by Gasteiger charge is 2.35. The predicted molar refractivity (Wildman–Crippen MR) is 101 cm³/mol. The van der Waals surface area contributed by atoms with Gasteiger partial charge in [-0.2, -0.15) is 0 Å². The van der Waals surface area contributed by atoms with Crippen LogP contribution in [-0.4, -0.2) is 54.5 Å². The summed E-state index contributed by atoms with van der Waals surface area (Å²) in [6, 6.07) is 5.96. The quantitative estimate of drug-likeness (QED) is 0.703. The maximum Gasteiger partial charge on any atom is 0.308 e. The summed E-state index contributed by atoms with van der Waals surface area (Å²) in [6.07, 6.45) is 1.22. The number of esters is 1. The molecule has 7 nitrogen and oxygen atoms in total. The maximum absolute atomic E-state index is 12.9. The fraction of sp³-hybridized carbons (Fsp3) is 0.550. The number of piperazine rings is 1. The minimum absolute atomic E-state index is 0.153. The van der Waals surface area contributed by atoms with Crippen molar-refractivity contribution in [2.75, 3.05) is 19.7 Å². The normalized spacial score (nSPS) is 17.8. The Hall–Kier alpha value is -2.57. The third-order valence-electron chi connectivity index (χ3n) is 4.43. The van der Waals surface area contributed by atoms with Crippen molar-refractivity contribution in [2.24, 2.45) is 0 Å². The topological polar surface area (TPSA) is 84.9 Å². The maximum atomic E-state index is 12.9. The summed E-state index contributed by atoms with van der Waals surface area (Å²) < 4.78 is 10.8. The molecule has 0 saturated carbocycles. The Morgan fingerprint density at radius 1 is 1.26 bits per heavy atom. The van der Waals surface area contributed by atoms with Gasteiger partial charge in [0.25, 0.3) is 5.91 Å². The van der Waals surface area contributed by atoms with Gasteiger partial charge < -0.3 is 19.7 Å². The van der Waals surface area contributed by atoms with Crippen molar-refractivity contribution in [3.63, 3.8) is 0 Å². The van der Waals surface area contributed by atoms with E-state index in [1.54, 1.807) is 31.2 Å². The number of nitrogens with one attached hydrogen (secondary N) is 1. The lowest BCUT2D eigenvalue weighted by Crippen LogP contribution is -2.57. The largest absolute Gasteiger partial charge is 0.494 e. The number of benzene rings is 1. The van der Waals surface area contributed by atoms with Gasteiger partial charge in [0.2, 0.25) is 5.91 Å². The van der Waals surface area contributed by atoms with E-state index in [1.807, 2.05) is 13.8 Å². The number of rotatable bonds is 8. The molecule has 0 bridgehead atoms. The number of amides is 2. The average Bonchev–Trinajstić information content (AvgIpc) is 2.67. The van der Waals surface area contributed by atoms with Gasteiger partial charge >= 0.3 is 5.97 Å². The van der Waals surface area contributed by atoms with Crippen LogP contribution in [0, 0.1) is 0 Å². The van der Waals surface area contributed by atoms with Crippen molar-refractivity contribution >= 4 is 17.8 Å². The molecule has 0 radical (unpaired) electrons. The lowest BCUT2D eigenvalue weighted by molar-refractivity contribution is -0.151.